The lowest BCUT2D eigenvalue weighted by molar-refractivity contribution is -0.140. The van der Waals surface area contributed by atoms with E-state index >= 15 is 0 Å². The standard InChI is InChI=1S/C11H13NO5/c1-6-3-2-4-7(9(6)14)10(15)12-8(5-13)11(16)17/h2-4,8,13-14H,5H2,1H3,(H,12,15)(H,16,17)/t8-/m0/s1. The molecular formula is C11H13NO5. The molecule has 0 aliphatic heterocycles. The number of aliphatic carboxylic acids is 1. The van der Waals surface area contributed by atoms with Gasteiger partial charge >= 0.3 is 5.97 Å². The first-order valence-corrected chi connectivity index (χ1v) is 4.90. The number of benzene rings is 1. The van der Waals surface area contributed by atoms with Crippen LogP contribution in [0.15, 0.2) is 18.2 Å². The Hall–Kier alpha value is -2.08. The van der Waals surface area contributed by atoms with E-state index in [1.54, 1.807) is 19.1 Å². The third kappa shape index (κ3) is 2.94. The summed E-state index contributed by atoms with van der Waals surface area (Å²) >= 11 is 0. The molecule has 6 heteroatoms. The summed E-state index contributed by atoms with van der Waals surface area (Å²) in [5, 5.41) is 29.1. The van der Waals surface area contributed by atoms with Gasteiger partial charge in [0.1, 0.15) is 5.75 Å². The highest BCUT2D eigenvalue weighted by atomic mass is 16.4. The number of amides is 1. The van der Waals surface area contributed by atoms with Crippen LogP contribution in [0, 0.1) is 6.92 Å². The van der Waals surface area contributed by atoms with Gasteiger partial charge in [-0.25, -0.2) is 4.79 Å². The van der Waals surface area contributed by atoms with Crippen LogP contribution in [0.1, 0.15) is 15.9 Å². The molecule has 0 bridgehead atoms. The van der Waals surface area contributed by atoms with E-state index in [1.807, 2.05) is 0 Å². The second-order valence-electron chi connectivity index (χ2n) is 3.52. The number of hydrogen-bond donors (Lipinski definition) is 4. The van der Waals surface area contributed by atoms with Gasteiger partial charge in [0, 0.05) is 0 Å². The third-order valence-corrected chi connectivity index (χ3v) is 2.27. The Morgan fingerprint density at radius 1 is 1.41 bits per heavy atom. The first-order valence-electron chi connectivity index (χ1n) is 4.90. The maximum atomic E-state index is 11.6. The largest absolute Gasteiger partial charge is 0.507 e. The van der Waals surface area contributed by atoms with Gasteiger partial charge < -0.3 is 20.6 Å². The number of carboxylic acid groups (broad SMARTS) is 1. The van der Waals surface area contributed by atoms with Crippen molar-refractivity contribution in [1.29, 1.82) is 0 Å². The lowest BCUT2D eigenvalue weighted by atomic mass is 10.1. The van der Waals surface area contributed by atoms with Gasteiger partial charge in [0.15, 0.2) is 6.04 Å². The summed E-state index contributed by atoms with van der Waals surface area (Å²) in [5.41, 5.74) is 0.484. The predicted octanol–water partition coefficient (Wildman–Crippen LogP) is -0.124. The number of carbonyl (C=O) groups excluding carboxylic acids is 1. The van der Waals surface area contributed by atoms with E-state index in [0.29, 0.717) is 5.56 Å². The quantitative estimate of drug-likeness (QED) is 0.585. The molecule has 1 amide bonds. The Morgan fingerprint density at radius 3 is 2.59 bits per heavy atom. The predicted molar refractivity (Wildman–Crippen MR) is 58.8 cm³/mol. The molecule has 0 aromatic heterocycles. The number of phenols is 1. The normalized spacial score (nSPS) is 11.9. The molecule has 0 radical (unpaired) electrons. The van der Waals surface area contributed by atoms with Gasteiger partial charge in [-0.05, 0) is 18.6 Å². The van der Waals surface area contributed by atoms with Gasteiger partial charge in [0.05, 0.1) is 12.2 Å². The van der Waals surface area contributed by atoms with E-state index in [9.17, 15) is 14.7 Å². The molecule has 4 N–H and O–H groups in total. The molecule has 0 saturated carbocycles. The van der Waals surface area contributed by atoms with E-state index in [2.05, 4.69) is 5.32 Å². The van der Waals surface area contributed by atoms with Crippen LogP contribution in [0.3, 0.4) is 0 Å². The van der Waals surface area contributed by atoms with Gasteiger partial charge in [-0.2, -0.15) is 0 Å². The van der Waals surface area contributed by atoms with Crippen LogP contribution in [-0.4, -0.2) is 39.8 Å². The smallest absolute Gasteiger partial charge is 0.328 e. The fourth-order valence-corrected chi connectivity index (χ4v) is 1.26. The minimum absolute atomic E-state index is 0.0234. The Labute approximate surface area is 97.5 Å². The molecule has 1 aromatic rings. The number of phenolic OH excluding ortho intramolecular Hbond substituents is 1. The molecule has 92 valence electrons. The lowest BCUT2D eigenvalue weighted by Crippen LogP contribution is -2.43. The summed E-state index contributed by atoms with van der Waals surface area (Å²) in [6, 6.07) is 3.17. The molecule has 0 aliphatic carbocycles. The molecule has 0 spiro atoms. The third-order valence-electron chi connectivity index (χ3n) is 2.27. The number of aliphatic hydroxyl groups is 1. The molecule has 17 heavy (non-hydrogen) atoms. The van der Waals surface area contributed by atoms with Gasteiger partial charge in [0.25, 0.3) is 5.91 Å². The van der Waals surface area contributed by atoms with E-state index in [-0.39, 0.29) is 11.3 Å². The molecule has 0 aliphatic rings. The Bertz CT molecular complexity index is 443. The minimum atomic E-state index is -1.39. The maximum absolute atomic E-state index is 11.6. The average molecular weight is 239 g/mol. The average Bonchev–Trinajstić information content (AvgIpc) is 2.28. The van der Waals surface area contributed by atoms with Crippen molar-refractivity contribution in [2.45, 2.75) is 13.0 Å². The van der Waals surface area contributed by atoms with Gasteiger partial charge in [-0.15, -0.1) is 0 Å². The van der Waals surface area contributed by atoms with Crippen molar-refractivity contribution in [3.05, 3.63) is 29.3 Å². The van der Waals surface area contributed by atoms with E-state index in [0.717, 1.165) is 0 Å². The number of nitrogens with one attached hydrogen (secondary N) is 1. The molecule has 1 rings (SSSR count). The molecule has 6 nitrogen and oxygen atoms in total. The topological polar surface area (TPSA) is 107 Å². The first-order chi connectivity index (χ1) is 7.97. The van der Waals surface area contributed by atoms with E-state index in [1.165, 1.54) is 6.07 Å². The van der Waals surface area contributed by atoms with Crippen molar-refractivity contribution < 1.29 is 24.9 Å². The fourth-order valence-electron chi connectivity index (χ4n) is 1.26. The van der Waals surface area contributed by atoms with Gasteiger partial charge in [-0.1, -0.05) is 12.1 Å². The van der Waals surface area contributed by atoms with Crippen LogP contribution < -0.4 is 5.32 Å². The highest BCUT2D eigenvalue weighted by Gasteiger charge is 2.21. The number of carbonyl (C=O) groups is 2. The van der Waals surface area contributed by atoms with Crippen molar-refractivity contribution >= 4 is 11.9 Å². The molecule has 0 saturated heterocycles. The van der Waals surface area contributed by atoms with Crippen LogP contribution >= 0.6 is 0 Å². The second-order valence-corrected chi connectivity index (χ2v) is 3.52. The fraction of sp³-hybridized carbons (Fsp3) is 0.273. The van der Waals surface area contributed by atoms with E-state index < -0.39 is 24.5 Å². The molecule has 1 aromatic carbocycles. The van der Waals surface area contributed by atoms with Gasteiger partial charge in [0.2, 0.25) is 0 Å². The number of hydrogen-bond acceptors (Lipinski definition) is 4. The number of rotatable bonds is 4. The molecule has 1 atom stereocenters. The number of para-hydroxylation sites is 1. The van der Waals surface area contributed by atoms with Crippen LogP contribution in [0.2, 0.25) is 0 Å². The SMILES string of the molecule is Cc1cccc(C(=O)N[C@@H](CO)C(=O)O)c1O. The summed E-state index contributed by atoms with van der Waals surface area (Å²) in [5.74, 6) is -2.28. The number of carboxylic acids is 1. The summed E-state index contributed by atoms with van der Waals surface area (Å²) in [6.07, 6.45) is 0. The van der Waals surface area contributed by atoms with Crippen molar-refractivity contribution in [1.82, 2.24) is 5.32 Å². The Balaban J connectivity index is 2.90. The minimum Gasteiger partial charge on any atom is -0.507 e. The van der Waals surface area contributed by atoms with Crippen molar-refractivity contribution in [2.75, 3.05) is 6.61 Å². The molecular weight excluding hydrogens is 226 g/mol. The van der Waals surface area contributed by atoms with Gasteiger partial charge in [-0.3, -0.25) is 4.79 Å². The Morgan fingerprint density at radius 2 is 2.06 bits per heavy atom. The number of aliphatic hydroxyl groups excluding tert-OH is 1. The highest BCUT2D eigenvalue weighted by molar-refractivity contribution is 5.99. The van der Waals surface area contributed by atoms with Crippen LogP contribution in [0.5, 0.6) is 5.75 Å². The monoisotopic (exact) mass is 239 g/mol. The van der Waals surface area contributed by atoms with Crippen LogP contribution in [0.25, 0.3) is 0 Å². The zero-order chi connectivity index (χ0) is 13.0. The van der Waals surface area contributed by atoms with Crippen molar-refractivity contribution in [2.24, 2.45) is 0 Å². The zero-order valence-electron chi connectivity index (χ0n) is 9.17. The van der Waals surface area contributed by atoms with E-state index in [4.69, 9.17) is 10.2 Å². The lowest BCUT2D eigenvalue weighted by Gasteiger charge is -2.12. The molecule has 0 unspecified atom stereocenters. The second kappa shape index (κ2) is 5.31. The summed E-state index contributed by atoms with van der Waals surface area (Å²) in [7, 11) is 0. The molecule has 0 heterocycles. The summed E-state index contributed by atoms with van der Waals surface area (Å²) in [6.45, 7) is 0.903. The van der Waals surface area contributed by atoms with Crippen molar-refractivity contribution in [3.8, 4) is 5.75 Å². The Kier molecular flexibility index (Phi) is 4.06. The van der Waals surface area contributed by atoms with Crippen molar-refractivity contribution in [3.63, 3.8) is 0 Å². The van der Waals surface area contributed by atoms with Crippen LogP contribution in [0.4, 0.5) is 0 Å². The zero-order valence-corrected chi connectivity index (χ0v) is 9.17. The number of aryl methyl sites for hydroxylation is 1. The number of aromatic hydroxyl groups is 1. The first kappa shape index (κ1) is 13.0. The molecule has 0 fully saturated rings. The van der Waals surface area contributed by atoms with Crippen LogP contribution in [-0.2, 0) is 4.79 Å². The summed E-state index contributed by atoms with van der Waals surface area (Å²) in [4.78, 5) is 22.3. The maximum Gasteiger partial charge on any atom is 0.328 e. The highest BCUT2D eigenvalue weighted by Crippen LogP contribution is 2.21. The summed E-state index contributed by atoms with van der Waals surface area (Å²) < 4.78 is 0.